The molecule has 88 valence electrons. The third kappa shape index (κ3) is 3.02. The summed E-state index contributed by atoms with van der Waals surface area (Å²) in [5.41, 5.74) is 1.51. The number of rotatable bonds is 3. The summed E-state index contributed by atoms with van der Waals surface area (Å²) in [6.45, 7) is 0.475. The van der Waals surface area contributed by atoms with Crippen LogP contribution >= 0.6 is 23.2 Å². The van der Waals surface area contributed by atoms with Crippen LogP contribution in [0.4, 0.5) is 0 Å². The fourth-order valence-electron chi connectivity index (χ4n) is 1.39. The van der Waals surface area contributed by atoms with Crippen molar-refractivity contribution in [3.8, 4) is 0 Å². The van der Waals surface area contributed by atoms with Gasteiger partial charge in [0.05, 0.1) is 10.0 Å². The van der Waals surface area contributed by atoms with Gasteiger partial charge in [0, 0.05) is 24.5 Å². The summed E-state index contributed by atoms with van der Waals surface area (Å²) in [4.78, 5) is 14.7. The molecule has 2 aromatic rings. The zero-order valence-electron chi connectivity index (χ0n) is 8.84. The highest BCUT2D eigenvalue weighted by Gasteiger charge is 2.07. The van der Waals surface area contributed by atoms with Crippen LogP contribution in [-0.4, -0.2) is 10.9 Å². The summed E-state index contributed by atoms with van der Waals surface area (Å²) in [5.74, 6) is -0.176. The van der Waals surface area contributed by atoms with Crippen LogP contribution in [0.25, 0.3) is 0 Å². The van der Waals surface area contributed by atoms with Gasteiger partial charge in [0.15, 0.2) is 0 Å². The van der Waals surface area contributed by atoms with Crippen LogP contribution in [0.2, 0.25) is 10.0 Å². The van der Waals surface area contributed by atoms with Gasteiger partial charge >= 0.3 is 0 Å². The zero-order valence-corrected chi connectivity index (χ0v) is 10.3. The molecule has 0 aliphatic carbocycles. The molecule has 2 rings (SSSR count). The number of amides is 1. The number of hydrogen-bond acceptors (Lipinski definition) is 1. The van der Waals surface area contributed by atoms with Gasteiger partial charge < -0.3 is 10.3 Å². The number of aromatic amines is 1. The molecule has 17 heavy (non-hydrogen) atoms. The molecule has 0 bridgehead atoms. The fourth-order valence-corrected chi connectivity index (χ4v) is 1.69. The Morgan fingerprint density at radius 1 is 1.24 bits per heavy atom. The van der Waals surface area contributed by atoms with Crippen LogP contribution in [0.5, 0.6) is 0 Å². The van der Waals surface area contributed by atoms with Crippen molar-refractivity contribution in [1.29, 1.82) is 0 Å². The lowest BCUT2D eigenvalue weighted by Crippen LogP contribution is -2.22. The second-order valence-electron chi connectivity index (χ2n) is 3.53. The first-order valence-corrected chi connectivity index (χ1v) is 5.77. The number of aromatic nitrogens is 1. The van der Waals surface area contributed by atoms with Crippen LogP contribution in [0.15, 0.2) is 36.7 Å². The molecule has 0 aliphatic heterocycles. The number of halogens is 2. The minimum atomic E-state index is -0.176. The topological polar surface area (TPSA) is 44.9 Å². The Labute approximate surface area is 109 Å². The molecule has 0 unspecified atom stereocenters. The second kappa shape index (κ2) is 5.25. The normalized spacial score (nSPS) is 10.2. The maximum absolute atomic E-state index is 11.8. The fraction of sp³-hybridized carbons (Fsp3) is 0.0833. The van der Waals surface area contributed by atoms with Crippen molar-refractivity contribution >= 4 is 29.1 Å². The summed E-state index contributed by atoms with van der Waals surface area (Å²) in [6.07, 6.45) is 3.63. The van der Waals surface area contributed by atoms with Crippen LogP contribution in [0.1, 0.15) is 15.9 Å². The summed E-state index contributed by atoms with van der Waals surface area (Å²) < 4.78 is 0. The van der Waals surface area contributed by atoms with E-state index < -0.39 is 0 Å². The Kier molecular flexibility index (Phi) is 3.71. The maximum atomic E-state index is 11.8. The van der Waals surface area contributed by atoms with Gasteiger partial charge in [-0.1, -0.05) is 23.2 Å². The van der Waals surface area contributed by atoms with Crippen molar-refractivity contribution < 1.29 is 4.79 Å². The number of benzene rings is 1. The number of H-pyrrole nitrogens is 1. The largest absolute Gasteiger partial charge is 0.367 e. The molecular weight excluding hydrogens is 259 g/mol. The predicted molar refractivity (Wildman–Crippen MR) is 68.4 cm³/mol. The van der Waals surface area contributed by atoms with Crippen molar-refractivity contribution in [2.75, 3.05) is 0 Å². The summed E-state index contributed by atoms with van der Waals surface area (Å²) in [6, 6.07) is 6.70. The molecule has 0 fully saturated rings. The molecule has 1 amide bonds. The third-order valence-corrected chi connectivity index (χ3v) is 3.04. The van der Waals surface area contributed by atoms with Gasteiger partial charge in [0.25, 0.3) is 5.91 Å². The molecule has 0 spiro atoms. The zero-order chi connectivity index (χ0) is 12.3. The molecule has 2 N–H and O–H groups in total. The third-order valence-electron chi connectivity index (χ3n) is 2.30. The van der Waals surface area contributed by atoms with Gasteiger partial charge in [0.2, 0.25) is 0 Å². The lowest BCUT2D eigenvalue weighted by molar-refractivity contribution is 0.0951. The maximum Gasteiger partial charge on any atom is 0.251 e. The molecule has 1 aromatic heterocycles. The van der Waals surface area contributed by atoms with E-state index in [1.807, 2.05) is 12.3 Å². The monoisotopic (exact) mass is 268 g/mol. The van der Waals surface area contributed by atoms with Crippen LogP contribution < -0.4 is 5.32 Å². The van der Waals surface area contributed by atoms with E-state index in [1.54, 1.807) is 24.4 Å². The van der Waals surface area contributed by atoms with Gasteiger partial charge in [-0.25, -0.2) is 0 Å². The Balaban J connectivity index is 2.02. The Morgan fingerprint density at radius 2 is 2.06 bits per heavy atom. The van der Waals surface area contributed by atoms with E-state index in [2.05, 4.69) is 10.3 Å². The van der Waals surface area contributed by atoms with E-state index in [9.17, 15) is 4.79 Å². The molecule has 0 radical (unpaired) electrons. The van der Waals surface area contributed by atoms with Gasteiger partial charge in [-0.15, -0.1) is 0 Å². The van der Waals surface area contributed by atoms with E-state index in [0.29, 0.717) is 22.2 Å². The van der Waals surface area contributed by atoms with Gasteiger partial charge in [-0.2, -0.15) is 0 Å². The molecule has 0 atom stereocenters. The molecule has 0 aliphatic rings. The minimum absolute atomic E-state index is 0.176. The van der Waals surface area contributed by atoms with Crippen molar-refractivity contribution in [1.82, 2.24) is 10.3 Å². The Morgan fingerprint density at radius 3 is 2.71 bits per heavy atom. The standard InChI is InChI=1S/C12H10Cl2N2O/c13-10-2-1-9(5-11(10)14)12(17)16-7-8-3-4-15-6-8/h1-6,15H,7H2,(H,16,17). The molecule has 5 heteroatoms. The first-order chi connectivity index (χ1) is 8.16. The number of carbonyl (C=O) groups excluding carboxylic acids is 1. The Hall–Kier alpha value is -1.45. The lowest BCUT2D eigenvalue weighted by Gasteiger charge is -2.04. The highest BCUT2D eigenvalue weighted by Crippen LogP contribution is 2.22. The Bertz CT molecular complexity index is 523. The highest BCUT2D eigenvalue weighted by molar-refractivity contribution is 6.42. The quantitative estimate of drug-likeness (QED) is 0.882. The van der Waals surface area contributed by atoms with Crippen LogP contribution in [0, 0.1) is 0 Å². The number of nitrogens with one attached hydrogen (secondary N) is 2. The van der Waals surface area contributed by atoms with E-state index in [0.717, 1.165) is 5.56 Å². The van der Waals surface area contributed by atoms with Crippen molar-refractivity contribution in [3.63, 3.8) is 0 Å². The molecule has 1 aromatic carbocycles. The molecular formula is C12H10Cl2N2O. The smallest absolute Gasteiger partial charge is 0.251 e. The number of hydrogen-bond donors (Lipinski definition) is 2. The van der Waals surface area contributed by atoms with E-state index >= 15 is 0 Å². The SMILES string of the molecule is O=C(NCc1cc[nH]c1)c1ccc(Cl)c(Cl)c1. The molecule has 1 heterocycles. The van der Waals surface area contributed by atoms with Gasteiger partial charge in [0.1, 0.15) is 0 Å². The molecule has 3 nitrogen and oxygen atoms in total. The van der Waals surface area contributed by atoms with Gasteiger partial charge in [-0.05, 0) is 29.8 Å². The minimum Gasteiger partial charge on any atom is -0.367 e. The van der Waals surface area contributed by atoms with E-state index in [4.69, 9.17) is 23.2 Å². The van der Waals surface area contributed by atoms with E-state index in [1.165, 1.54) is 0 Å². The predicted octanol–water partition coefficient (Wildman–Crippen LogP) is 3.25. The lowest BCUT2D eigenvalue weighted by atomic mass is 10.2. The van der Waals surface area contributed by atoms with E-state index in [-0.39, 0.29) is 5.91 Å². The highest BCUT2D eigenvalue weighted by atomic mass is 35.5. The number of carbonyl (C=O) groups is 1. The van der Waals surface area contributed by atoms with Crippen molar-refractivity contribution in [2.45, 2.75) is 6.54 Å². The molecule has 0 saturated heterocycles. The average molecular weight is 269 g/mol. The van der Waals surface area contributed by atoms with Crippen molar-refractivity contribution in [2.24, 2.45) is 0 Å². The summed E-state index contributed by atoms with van der Waals surface area (Å²) in [5, 5.41) is 3.60. The second-order valence-corrected chi connectivity index (χ2v) is 4.35. The first-order valence-electron chi connectivity index (χ1n) is 5.02. The first kappa shape index (κ1) is 12.0. The van der Waals surface area contributed by atoms with Crippen LogP contribution in [-0.2, 0) is 6.54 Å². The van der Waals surface area contributed by atoms with Gasteiger partial charge in [-0.3, -0.25) is 4.79 Å². The van der Waals surface area contributed by atoms with Crippen molar-refractivity contribution in [3.05, 3.63) is 57.8 Å². The van der Waals surface area contributed by atoms with Crippen LogP contribution in [0.3, 0.4) is 0 Å². The summed E-state index contributed by atoms with van der Waals surface area (Å²) >= 11 is 11.6. The molecule has 0 saturated carbocycles. The average Bonchev–Trinajstić information content (AvgIpc) is 2.82. The summed E-state index contributed by atoms with van der Waals surface area (Å²) in [7, 11) is 0.